The molecule has 0 aromatic heterocycles. The number of ketones is 1. The molecule has 4 rings (SSSR count). The van der Waals surface area contributed by atoms with E-state index in [1.165, 1.54) is 6.08 Å². The Bertz CT molecular complexity index is 1150. The molecule has 0 fully saturated rings. The molecule has 1 heterocycles. The number of esters is 1. The van der Waals surface area contributed by atoms with E-state index in [1.807, 2.05) is 6.07 Å². The number of rotatable bonds is 3. The fourth-order valence-electron chi connectivity index (χ4n) is 2.99. The number of carbonyl (C=O) groups is 2. The SMILES string of the molecule is Cc1c(OC(=O)c2ccccc2)ccc2c1O/C(=C\c1c(Cl)cccc1Cl)C2=O. The van der Waals surface area contributed by atoms with Crippen LogP contribution in [0.1, 0.15) is 31.8 Å². The van der Waals surface area contributed by atoms with Crippen LogP contribution in [0.3, 0.4) is 0 Å². The molecule has 0 amide bonds. The van der Waals surface area contributed by atoms with E-state index in [2.05, 4.69) is 0 Å². The van der Waals surface area contributed by atoms with Crippen molar-refractivity contribution in [1.82, 2.24) is 0 Å². The smallest absolute Gasteiger partial charge is 0.343 e. The summed E-state index contributed by atoms with van der Waals surface area (Å²) in [5, 5.41) is 0.818. The van der Waals surface area contributed by atoms with Crippen molar-refractivity contribution in [2.45, 2.75) is 6.92 Å². The Balaban J connectivity index is 1.66. The maximum absolute atomic E-state index is 12.7. The van der Waals surface area contributed by atoms with Gasteiger partial charge in [0.1, 0.15) is 11.5 Å². The lowest BCUT2D eigenvalue weighted by Crippen LogP contribution is -2.09. The Hall–Kier alpha value is -3.08. The number of Topliss-reactive ketones (excluding diaryl/α,β-unsaturated/α-hetero) is 1. The van der Waals surface area contributed by atoms with Crippen molar-refractivity contribution >= 4 is 41.0 Å². The molecule has 0 radical (unpaired) electrons. The molecule has 144 valence electrons. The van der Waals surface area contributed by atoms with Gasteiger partial charge in [-0.15, -0.1) is 0 Å². The van der Waals surface area contributed by atoms with E-state index in [1.54, 1.807) is 61.5 Å². The summed E-state index contributed by atoms with van der Waals surface area (Å²) >= 11 is 12.4. The molecule has 0 N–H and O–H groups in total. The normalized spacial score (nSPS) is 13.9. The largest absolute Gasteiger partial charge is 0.452 e. The van der Waals surface area contributed by atoms with Gasteiger partial charge in [0, 0.05) is 21.2 Å². The first-order valence-corrected chi connectivity index (χ1v) is 9.50. The Morgan fingerprint density at radius 3 is 2.34 bits per heavy atom. The summed E-state index contributed by atoms with van der Waals surface area (Å²) in [6, 6.07) is 16.9. The molecule has 0 aliphatic carbocycles. The summed E-state index contributed by atoms with van der Waals surface area (Å²) in [6.45, 7) is 1.73. The zero-order chi connectivity index (χ0) is 20.5. The third-order valence-corrected chi connectivity index (χ3v) is 5.18. The van der Waals surface area contributed by atoms with Gasteiger partial charge in [-0.3, -0.25) is 4.79 Å². The molecule has 0 bridgehead atoms. The van der Waals surface area contributed by atoms with Gasteiger partial charge in [0.05, 0.1) is 11.1 Å². The zero-order valence-corrected chi connectivity index (χ0v) is 16.8. The molecule has 3 aromatic rings. The average molecular weight is 425 g/mol. The van der Waals surface area contributed by atoms with Crippen molar-refractivity contribution in [3.8, 4) is 11.5 Å². The highest BCUT2D eigenvalue weighted by atomic mass is 35.5. The van der Waals surface area contributed by atoms with E-state index < -0.39 is 5.97 Å². The number of ether oxygens (including phenoxy) is 2. The van der Waals surface area contributed by atoms with Crippen LogP contribution in [0.4, 0.5) is 0 Å². The lowest BCUT2D eigenvalue weighted by Gasteiger charge is -2.10. The van der Waals surface area contributed by atoms with Gasteiger partial charge in [0.15, 0.2) is 5.76 Å². The number of fused-ring (bicyclic) bond motifs is 1. The highest BCUT2D eigenvalue weighted by molar-refractivity contribution is 6.37. The quantitative estimate of drug-likeness (QED) is 0.288. The van der Waals surface area contributed by atoms with E-state index in [-0.39, 0.29) is 11.5 Å². The Morgan fingerprint density at radius 2 is 1.66 bits per heavy atom. The summed E-state index contributed by atoms with van der Waals surface area (Å²) in [4.78, 5) is 25.1. The number of allylic oxidation sites excluding steroid dienone is 1. The van der Waals surface area contributed by atoms with Crippen molar-refractivity contribution in [3.63, 3.8) is 0 Å². The molecule has 0 saturated carbocycles. The number of hydrogen-bond acceptors (Lipinski definition) is 4. The third kappa shape index (κ3) is 3.65. The highest BCUT2D eigenvalue weighted by Gasteiger charge is 2.31. The summed E-state index contributed by atoms with van der Waals surface area (Å²) < 4.78 is 11.3. The van der Waals surface area contributed by atoms with E-state index in [0.717, 1.165) is 0 Å². The van der Waals surface area contributed by atoms with Crippen molar-refractivity contribution in [2.24, 2.45) is 0 Å². The number of benzene rings is 3. The Morgan fingerprint density at radius 1 is 0.966 bits per heavy atom. The highest BCUT2D eigenvalue weighted by Crippen LogP contribution is 2.40. The van der Waals surface area contributed by atoms with Gasteiger partial charge < -0.3 is 9.47 Å². The third-order valence-electron chi connectivity index (χ3n) is 4.52. The van der Waals surface area contributed by atoms with Gasteiger partial charge in [-0.05, 0) is 49.4 Å². The number of hydrogen-bond donors (Lipinski definition) is 0. The lowest BCUT2D eigenvalue weighted by atomic mass is 10.1. The van der Waals surface area contributed by atoms with Gasteiger partial charge in [-0.1, -0.05) is 47.5 Å². The maximum atomic E-state index is 12.7. The molecule has 4 nitrogen and oxygen atoms in total. The number of carbonyl (C=O) groups excluding carboxylic acids is 2. The molecule has 0 atom stereocenters. The Kier molecular flexibility index (Phi) is 5.14. The molecule has 1 aliphatic heterocycles. The van der Waals surface area contributed by atoms with Crippen LogP contribution in [-0.4, -0.2) is 11.8 Å². The monoisotopic (exact) mass is 424 g/mol. The topological polar surface area (TPSA) is 52.6 Å². The standard InChI is InChI=1S/C23H14Cl2O4/c1-13-19(29-23(27)14-6-3-2-4-7-14)11-10-15-21(26)20(28-22(13)15)12-16-17(24)8-5-9-18(16)25/h2-12H,1H3/b20-12-. The van der Waals surface area contributed by atoms with Crippen LogP contribution in [0.5, 0.6) is 11.5 Å². The van der Waals surface area contributed by atoms with Crippen molar-refractivity contribution in [1.29, 1.82) is 0 Å². The zero-order valence-electron chi connectivity index (χ0n) is 15.2. The van der Waals surface area contributed by atoms with Crippen LogP contribution >= 0.6 is 23.2 Å². The first-order chi connectivity index (χ1) is 14.0. The first kappa shape index (κ1) is 19.2. The molecule has 0 saturated heterocycles. The first-order valence-electron chi connectivity index (χ1n) is 8.75. The molecule has 0 unspecified atom stereocenters. The van der Waals surface area contributed by atoms with Gasteiger partial charge in [-0.2, -0.15) is 0 Å². The minimum atomic E-state index is -0.489. The molecular formula is C23H14Cl2O4. The minimum absolute atomic E-state index is 0.102. The summed E-state index contributed by atoms with van der Waals surface area (Å²) in [7, 11) is 0. The van der Waals surface area contributed by atoms with Gasteiger partial charge in [0.2, 0.25) is 5.78 Å². The lowest BCUT2D eigenvalue weighted by molar-refractivity contribution is 0.0733. The second-order valence-electron chi connectivity index (χ2n) is 6.40. The van der Waals surface area contributed by atoms with Crippen LogP contribution in [0.25, 0.3) is 6.08 Å². The molecular weight excluding hydrogens is 411 g/mol. The number of halogens is 2. The average Bonchev–Trinajstić information content (AvgIpc) is 3.04. The van der Waals surface area contributed by atoms with E-state index in [9.17, 15) is 9.59 Å². The van der Waals surface area contributed by atoms with Crippen LogP contribution in [-0.2, 0) is 0 Å². The van der Waals surface area contributed by atoms with Crippen molar-refractivity contribution in [3.05, 3.63) is 98.7 Å². The van der Waals surface area contributed by atoms with Crippen LogP contribution < -0.4 is 9.47 Å². The molecule has 1 aliphatic rings. The summed E-state index contributed by atoms with van der Waals surface area (Å²) in [6.07, 6.45) is 1.52. The summed E-state index contributed by atoms with van der Waals surface area (Å²) in [5.41, 5.74) is 1.86. The molecule has 3 aromatic carbocycles. The molecule has 6 heteroatoms. The van der Waals surface area contributed by atoms with Crippen LogP contribution in [0.2, 0.25) is 10.0 Å². The fourth-order valence-corrected chi connectivity index (χ4v) is 3.50. The summed E-state index contributed by atoms with van der Waals surface area (Å²) in [5.74, 6) is -0.00790. The van der Waals surface area contributed by atoms with Gasteiger partial charge in [-0.25, -0.2) is 4.79 Å². The molecule has 0 spiro atoms. The van der Waals surface area contributed by atoms with Gasteiger partial charge >= 0.3 is 5.97 Å². The molecule has 29 heavy (non-hydrogen) atoms. The van der Waals surface area contributed by atoms with E-state index in [0.29, 0.717) is 43.8 Å². The second kappa shape index (κ2) is 7.74. The van der Waals surface area contributed by atoms with Crippen molar-refractivity contribution in [2.75, 3.05) is 0 Å². The Labute approximate surface area is 177 Å². The van der Waals surface area contributed by atoms with Crippen LogP contribution in [0, 0.1) is 6.92 Å². The maximum Gasteiger partial charge on any atom is 0.343 e. The predicted octanol–water partition coefficient (Wildman–Crippen LogP) is 6.14. The van der Waals surface area contributed by atoms with E-state index in [4.69, 9.17) is 32.7 Å². The predicted molar refractivity (Wildman–Crippen MR) is 112 cm³/mol. The second-order valence-corrected chi connectivity index (χ2v) is 7.21. The fraction of sp³-hybridized carbons (Fsp3) is 0.0435. The van der Waals surface area contributed by atoms with Crippen molar-refractivity contribution < 1.29 is 19.1 Å². The van der Waals surface area contributed by atoms with Crippen LogP contribution in [0.15, 0.2) is 66.4 Å². The van der Waals surface area contributed by atoms with Gasteiger partial charge in [0.25, 0.3) is 0 Å². The van der Waals surface area contributed by atoms with E-state index >= 15 is 0 Å². The minimum Gasteiger partial charge on any atom is -0.452 e.